The summed E-state index contributed by atoms with van der Waals surface area (Å²) in [6, 6.07) is 14.8. The molecule has 0 aromatic heterocycles. The number of benzene rings is 2. The van der Waals surface area contributed by atoms with Crippen LogP contribution in [0.5, 0.6) is 11.5 Å². The molecular weight excluding hydrogens is 525 g/mol. The first-order valence-corrected chi connectivity index (χ1v) is 12.8. The van der Waals surface area contributed by atoms with Crippen LogP contribution in [-0.4, -0.2) is 28.2 Å². The lowest BCUT2D eigenvalue weighted by molar-refractivity contribution is -0.136. The highest BCUT2D eigenvalue weighted by Crippen LogP contribution is 2.60. The van der Waals surface area contributed by atoms with Crippen molar-refractivity contribution in [3.63, 3.8) is 0 Å². The van der Waals surface area contributed by atoms with Crippen LogP contribution in [0.3, 0.4) is 0 Å². The molecular formula is C26H23Cl2NO4S2. The molecule has 2 aromatic rings. The summed E-state index contributed by atoms with van der Waals surface area (Å²) in [5.41, 5.74) is 1.43. The van der Waals surface area contributed by atoms with Crippen LogP contribution in [0.4, 0.5) is 0 Å². The number of carbonyl (C=O) groups excluding carboxylic acids is 2. The van der Waals surface area contributed by atoms with Gasteiger partial charge in [-0.1, -0.05) is 97.4 Å². The van der Waals surface area contributed by atoms with Crippen molar-refractivity contribution in [2.75, 3.05) is 7.11 Å². The molecule has 1 heterocycles. The van der Waals surface area contributed by atoms with Crippen LogP contribution in [0.15, 0.2) is 64.0 Å². The Kier molecular flexibility index (Phi) is 7.62. The Hall–Kier alpha value is -2.32. The van der Waals surface area contributed by atoms with E-state index in [2.05, 4.69) is 0 Å². The van der Waals surface area contributed by atoms with Gasteiger partial charge >= 0.3 is 5.97 Å². The Morgan fingerprint density at radius 3 is 2.54 bits per heavy atom. The molecule has 0 radical (unpaired) electrons. The topological polar surface area (TPSA) is 55.8 Å². The number of carbonyl (C=O) groups is 2. The van der Waals surface area contributed by atoms with Crippen molar-refractivity contribution in [3.8, 4) is 11.5 Å². The molecule has 0 unspecified atom stereocenters. The first-order chi connectivity index (χ1) is 16.6. The molecule has 5 nitrogen and oxygen atoms in total. The minimum atomic E-state index is -0.376. The molecule has 2 aliphatic rings. The van der Waals surface area contributed by atoms with Gasteiger partial charge in [0.15, 0.2) is 11.5 Å². The summed E-state index contributed by atoms with van der Waals surface area (Å²) in [6.45, 7) is 4.35. The van der Waals surface area contributed by atoms with Gasteiger partial charge in [0.1, 0.15) is 8.81 Å². The zero-order valence-electron chi connectivity index (χ0n) is 19.3. The third kappa shape index (κ3) is 5.59. The monoisotopic (exact) mass is 547 g/mol. The summed E-state index contributed by atoms with van der Waals surface area (Å²) in [6.07, 6.45) is 3.43. The Morgan fingerprint density at radius 1 is 1.17 bits per heavy atom. The lowest BCUT2D eigenvalue weighted by atomic mass is 10.1. The van der Waals surface area contributed by atoms with Crippen LogP contribution in [-0.2, 0) is 16.1 Å². The third-order valence-corrected chi connectivity index (χ3v) is 7.85. The number of nitrogens with zero attached hydrogens (tertiary/aromatic N) is 1. The van der Waals surface area contributed by atoms with Crippen molar-refractivity contribution in [1.29, 1.82) is 0 Å². The average Bonchev–Trinajstić information content (AvgIpc) is 3.25. The van der Waals surface area contributed by atoms with Crippen LogP contribution in [0.1, 0.15) is 25.0 Å². The summed E-state index contributed by atoms with van der Waals surface area (Å²) in [5, 5.41) is 0. The van der Waals surface area contributed by atoms with Gasteiger partial charge in [0.05, 0.1) is 24.5 Å². The van der Waals surface area contributed by atoms with Crippen LogP contribution < -0.4 is 9.47 Å². The Balaban J connectivity index is 1.49. The molecule has 35 heavy (non-hydrogen) atoms. The molecule has 1 aliphatic carbocycles. The second kappa shape index (κ2) is 10.3. The molecule has 0 bridgehead atoms. The minimum absolute atomic E-state index is 0.0944. The number of thioether (sulfide) groups is 1. The van der Waals surface area contributed by atoms with E-state index < -0.39 is 0 Å². The van der Waals surface area contributed by atoms with Crippen LogP contribution >= 0.6 is 47.2 Å². The first-order valence-electron chi connectivity index (χ1n) is 10.8. The predicted octanol–water partition coefficient (Wildman–Crippen LogP) is 6.59. The molecule has 1 saturated heterocycles. The van der Waals surface area contributed by atoms with E-state index in [4.69, 9.17) is 44.9 Å². The fraction of sp³-hybridized carbons (Fsp3) is 0.269. The zero-order chi connectivity index (χ0) is 25.3. The highest BCUT2D eigenvalue weighted by Gasteiger charge is 2.61. The van der Waals surface area contributed by atoms with Crippen molar-refractivity contribution < 1.29 is 19.1 Å². The maximum atomic E-state index is 13.0. The Bertz CT molecular complexity index is 1240. The molecule has 0 N–H and O–H groups in total. The van der Waals surface area contributed by atoms with Gasteiger partial charge in [-0.3, -0.25) is 14.5 Å². The smallest absolute Gasteiger partial charge is 0.315 e. The molecule has 2 aromatic carbocycles. The quantitative estimate of drug-likeness (QED) is 0.168. The van der Waals surface area contributed by atoms with Crippen molar-refractivity contribution >= 4 is 69.5 Å². The highest BCUT2D eigenvalue weighted by molar-refractivity contribution is 8.26. The number of amides is 1. The lowest BCUT2D eigenvalue weighted by Gasteiger charge is -2.14. The van der Waals surface area contributed by atoms with E-state index in [-0.39, 0.29) is 33.6 Å². The van der Waals surface area contributed by atoms with Gasteiger partial charge in [-0.05, 0) is 46.7 Å². The summed E-state index contributed by atoms with van der Waals surface area (Å²) in [7, 11) is 1.50. The Labute approximate surface area is 224 Å². The van der Waals surface area contributed by atoms with Crippen molar-refractivity contribution in [2.45, 2.75) is 20.4 Å². The normalized spacial score (nSPS) is 21.7. The molecule has 1 saturated carbocycles. The van der Waals surface area contributed by atoms with Gasteiger partial charge in [0.2, 0.25) is 0 Å². The van der Waals surface area contributed by atoms with Crippen molar-refractivity contribution in [2.24, 2.45) is 17.3 Å². The second-order valence-electron chi connectivity index (χ2n) is 8.87. The molecule has 9 heteroatoms. The van der Waals surface area contributed by atoms with E-state index in [0.29, 0.717) is 27.3 Å². The van der Waals surface area contributed by atoms with E-state index in [1.807, 2.05) is 44.2 Å². The van der Waals surface area contributed by atoms with Gasteiger partial charge in [-0.25, -0.2) is 0 Å². The average molecular weight is 549 g/mol. The predicted molar refractivity (Wildman–Crippen MR) is 144 cm³/mol. The van der Waals surface area contributed by atoms with Gasteiger partial charge in [0, 0.05) is 0 Å². The molecule has 2 atom stereocenters. The number of hydrogen-bond donors (Lipinski definition) is 0. The van der Waals surface area contributed by atoms with Crippen LogP contribution in [0, 0.1) is 17.3 Å². The second-order valence-corrected chi connectivity index (χ2v) is 11.5. The van der Waals surface area contributed by atoms with E-state index >= 15 is 0 Å². The number of methoxy groups -OCH3 is 1. The van der Waals surface area contributed by atoms with Gasteiger partial charge < -0.3 is 9.47 Å². The SMILES string of the molecule is COc1cc(/C=C2\SC(=S)N(Cc3ccccc3)C2=O)ccc1OC(=O)[C@@H]1[C@H](C=C(Cl)Cl)C1(C)C. The third-order valence-electron chi connectivity index (χ3n) is 6.22. The standard InChI is InChI=1S/C26H23Cl2NO4S2/c1-26(2)17(13-21(27)28)22(26)24(31)33-18-10-9-16(11-19(18)32-3)12-20-23(30)29(25(34)35-20)14-15-7-5-4-6-8-15/h4-13,17,22H,14H2,1-3H3/b20-12-/t17-,22-/m0/s1. The molecule has 2 fully saturated rings. The minimum Gasteiger partial charge on any atom is -0.493 e. The number of ether oxygens (including phenoxy) is 2. The Morgan fingerprint density at radius 2 is 1.89 bits per heavy atom. The summed E-state index contributed by atoms with van der Waals surface area (Å²) < 4.78 is 11.8. The summed E-state index contributed by atoms with van der Waals surface area (Å²) >= 11 is 18.3. The maximum Gasteiger partial charge on any atom is 0.315 e. The number of hydrogen-bond acceptors (Lipinski definition) is 6. The number of allylic oxidation sites excluding steroid dienone is 1. The summed E-state index contributed by atoms with van der Waals surface area (Å²) in [4.78, 5) is 27.9. The van der Waals surface area contributed by atoms with E-state index in [1.165, 1.54) is 18.9 Å². The van der Waals surface area contributed by atoms with Gasteiger partial charge in [0.25, 0.3) is 5.91 Å². The number of halogens is 2. The largest absolute Gasteiger partial charge is 0.493 e. The zero-order valence-corrected chi connectivity index (χ0v) is 22.4. The lowest BCUT2D eigenvalue weighted by Crippen LogP contribution is -2.27. The molecule has 4 rings (SSSR count). The molecule has 1 aliphatic heterocycles. The van der Waals surface area contributed by atoms with Crippen molar-refractivity contribution in [3.05, 3.63) is 75.1 Å². The number of esters is 1. The molecule has 0 spiro atoms. The molecule has 182 valence electrons. The fourth-order valence-electron chi connectivity index (χ4n) is 4.16. The van der Waals surface area contributed by atoms with E-state index in [0.717, 1.165) is 11.1 Å². The van der Waals surface area contributed by atoms with Crippen LogP contribution in [0.25, 0.3) is 6.08 Å². The number of rotatable bonds is 7. The highest BCUT2D eigenvalue weighted by atomic mass is 35.5. The van der Waals surface area contributed by atoms with Gasteiger partial charge in [-0.2, -0.15) is 0 Å². The van der Waals surface area contributed by atoms with E-state index in [1.54, 1.807) is 35.3 Å². The van der Waals surface area contributed by atoms with E-state index in [9.17, 15) is 9.59 Å². The first kappa shape index (κ1) is 25.8. The molecule has 1 amide bonds. The van der Waals surface area contributed by atoms with Crippen molar-refractivity contribution in [1.82, 2.24) is 4.90 Å². The summed E-state index contributed by atoms with van der Waals surface area (Å²) in [5.74, 6) is -0.292. The fourth-order valence-corrected chi connectivity index (χ4v) is 5.69. The van der Waals surface area contributed by atoms with Crippen LogP contribution in [0.2, 0.25) is 0 Å². The van der Waals surface area contributed by atoms with Gasteiger partial charge in [-0.15, -0.1) is 0 Å². The maximum absolute atomic E-state index is 13.0. The number of thiocarbonyl (C=S) groups is 1.